The molecule has 3 aromatic rings. The molecule has 6 nitrogen and oxygen atoms in total. The van der Waals surface area contributed by atoms with E-state index in [0.29, 0.717) is 6.54 Å². The Kier molecular flexibility index (Phi) is 5.76. The van der Waals surface area contributed by atoms with Crippen LogP contribution in [0.25, 0.3) is 21.8 Å². The molecule has 0 atom stereocenters. The van der Waals surface area contributed by atoms with Gasteiger partial charge in [-0.2, -0.15) is 0 Å². The molecule has 0 spiro atoms. The predicted octanol–water partition coefficient (Wildman–Crippen LogP) is 2.47. The van der Waals surface area contributed by atoms with E-state index in [9.17, 15) is 4.79 Å². The maximum atomic E-state index is 10.9. The van der Waals surface area contributed by atoms with Gasteiger partial charge < -0.3 is 20.9 Å². The number of aromatic nitrogens is 1. The van der Waals surface area contributed by atoms with E-state index in [2.05, 4.69) is 41.8 Å². The predicted molar refractivity (Wildman–Crippen MR) is 108 cm³/mol. The summed E-state index contributed by atoms with van der Waals surface area (Å²) in [4.78, 5) is 16.4. The average molecular weight is 366 g/mol. The summed E-state index contributed by atoms with van der Waals surface area (Å²) in [6.45, 7) is 5.87. The average Bonchev–Trinajstić information content (AvgIpc) is 2.66. The number of aryl methyl sites for hydroxylation is 3. The smallest absolute Gasteiger partial charge is 0.220 e. The first-order valence-electron chi connectivity index (χ1n) is 9.20. The van der Waals surface area contributed by atoms with Crippen LogP contribution in [0.5, 0.6) is 0 Å². The van der Waals surface area contributed by atoms with E-state index in [-0.39, 0.29) is 13.0 Å². The van der Waals surface area contributed by atoms with Crippen molar-refractivity contribution in [1.82, 2.24) is 4.57 Å². The Bertz CT molecular complexity index is 1050. The van der Waals surface area contributed by atoms with Gasteiger partial charge >= 0.3 is 0 Å². The third-order valence-electron chi connectivity index (χ3n) is 4.86. The lowest BCUT2D eigenvalue weighted by molar-refractivity contribution is -0.119. The van der Waals surface area contributed by atoms with E-state index in [1.54, 1.807) is 0 Å². The molecule has 0 saturated heterocycles. The zero-order chi connectivity index (χ0) is 19.4. The van der Waals surface area contributed by atoms with Crippen molar-refractivity contribution in [2.24, 2.45) is 16.6 Å². The van der Waals surface area contributed by atoms with E-state index in [0.717, 1.165) is 40.1 Å². The van der Waals surface area contributed by atoms with Crippen molar-refractivity contribution >= 4 is 27.7 Å². The summed E-state index contributed by atoms with van der Waals surface area (Å²) in [6, 6.07) is 12.3. The SMILES string of the molecule is Cc1ccc2/c(=N/OCCC(N)=O)c3ccccc3n(CCCN)c2c1C. The van der Waals surface area contributed by atoms with E-state index < -0.39 is 5.91 Å². The fourth-order valence-electron chi connectivity index (χ4n) is 3.35. The van der Waals surface area contributed by atoms with E-state index >= 15 is 0 Å². The standard InChI is InChI=1S/C21H26N4O2/c1-14-8-9-17-20(24-27-13-10-19(23)26)16-6-3-4-7-18(16)25(12-5-11-22)21(17)15(14)2/h3-4,6-9H,5,10-13,22H2,1-2H3,(H2,23,26)/b24-20+. The van der Waals surface area contributed by atoms with E-state index in [1.165, 1.54) is 11.1 Å². The zero-order valence-corrected chi connectivity index (χ0v) is 15.9. The van der Waals surface area contributed by atoms with Crippen LogP contribution in [0.4, 0.5) is 0 Å². The van der Waals surface area contributed by atoms with Crippen LogP contribution in [0.2, 0.25) is 0 Å². The number of primary amides is 1. The largest absolute Gasteiger partial charge is 0.395 e. The van der Waals surface area contributed by atoms with Crippen molar-refractivity contribution in [3.05, 3.63) is 52.9 Å². The molecule has 0 unspecified atom stereocenters. The summed E-state index contributed by atoms with van der Waals surface area (Å²) in [6.07, 6.45) is 1.03. The van der Waals surface area contributed by atoms with Crippen LogP contribution in [-0.4, -0.2) is 23.6 Å². The molecule has 0 radical (unpaired) electrons. The molecular weight excluding hydrogens is 340 g/mol. The highest BCUT2D eigenvalue weighted by Gasteiger charge is 2.13. The van der Waals surface area contributed by atoms with Crippen molar-refractivity contribution in [2.75, 3.05) is 13.2 Å². The summed E-state index contributed by atoms with van der Waals surface area (Å²) in [5.74, 6) is -0.404. The van der Waals surface area contributed by atoms with Gasteiger partial charge in [0.05, 0.1) is 17.5 Å². The Morgan fingerprint density at radius 1 is 1.15 bits per heavy atom. The third-order valence-corrected chi connectivity index (χ3v) is 4.86. The fourth-order valence-corrected chi connectivity index (χ4v) is 3.35. The minimum absolute atomic E-state index is 0.140. The number of nitrogens with two attached hydrogens (primary N) is 2. The lowest BCUT2D eigenvalue weighted by Crippen LogP contribution is -2.17. The van der Waals surface area contributed by atoms with Crippen molar-refractivity contribution in [1.29, 1.82) is 0 Å². The lowest BCUT2D eigenvalue weighted by atomic mass is 10.0. The molecule has 1 amide bonds. The first-order chi connectivity index (χ1) is 13.0. The van der Waals surface area contributed by atoms with Gasteiger partial charge in [0, 0.05) is 17.3 Å². The first-order valence-corrected chi connectivity index (χ1v) is 9.20. The number of para-hydroxylation sites is 1. The number of hydrogen-bond acceptors (Lipinski definition) is 4. The van der Waals surface area contributed by atoms with Crippen molar-refractivity contribution in [2.45, 2.75) is 33.2 Å². The number of carbonyl (C=O) groups excluding carboxylic acids is 1. The number of amides is 1. The van der Waals surface area contributed by atoms with Crippen LogP contribution in [0, 0.1) is 13.8 Å². The molecular formula is C21H26N4O2. The second kappa shape index (κ2) is 8.22. The topological polar surface area (TPSA) is 95.6 Å². The first kappa shape index (κ1) is 18.9. The maximum Gasteiger partial charge on any atom is 0.220 e. The maximum absolute atomic E-state index is 10.9. The molecule has 27 heavy (non-hydrogen) atoms. The van der Waals surface area contributed by atoms with Gasteiger partial charge in [-0.15, -0.1) is 0 Å². The zero-order valence-electron chi connectivity index (χ0n) is 15.9. The number of benzene rings is 2. The number of rotatable bonds is 7. The Hall–Kier alpha value is -2.86. The minimum atomic E-state index is -0.404. The van der Waals surface area contributed by atoms with Crippen molar-refractivity contribution in [3.63, 3.8) is 0 Å². The summed E-state index contributed by atoms with van der Waals surface area (Å²) in [5.41, 5.74) is 15.6. The van der Waals surface area contributed by atoms with E-state index in [1.807, 2.05) is 18.2 Å². The lowest BCUT2D eigenvalue weighted by Gasteiger charge is -2.18. The van der Waals surface area contributed by atoms with Crippen LogP contribution < -0.4 is 16.8 Å². The summed E-state index contributed by atoms with van der Waals surface area (Å²) >= 11 is 0. The van der Waals surface area contributed by atoms with Crippen LogP contribution in [-0.2, 0) is 16.2 Å². The quantitative estimate of drug-likeness (QED) is 0.382. The number of hydrogen-bond donors (Lipinski definition) is 2. The van der Waals surface area contributed by atoms with Gasteiger partial charge in [-0.25, -0.2) is 0 Å². The Morgan fingerprint density at radius 3 is 2.67 bits per heavy atom. The highest BCUT2D eigenvalue weighted by atomic mass is 16.6. The molecule has 1 aromatic heterocycles. The highest BCUT2D eigenvalue weighted by Crippen LogP contribution is 2.24. The summed E-state index contributed by atoms with van der Waals surface area (Å²) in [5, 5.41) is 7.18. The molecule has 0 saturated carbocycles. The summed E-state index contributed by atoms with van der Waals surface area (Å²) < 4.78 is 2.32. The number of fused-ring (bicyclic) bond motifs is 2. The summed E-state index contributed by atoms with van der Waals surface area (Å²) in [7, 11) is 0. The number of pyridine rings is 1. The molecule has 0 aliphatic heterocycles. The Balaban J connectivity index is 2.32. The Morgan fingerprint density at radius 2 is 1.93 bits per heavy atom. The van der Waals surface area contributed by atoms with Gasteiger partial charge in [0.1, 0.15) is 12.0 Å². The van der Waals surface area contributed by atoms with Gasteiger partial charge in [-0.05, 0) is 44.0 Å². The number of nitrogens with zero attached hydrogens (tertiary/aromatic N) is 2. The van der Waals surface area contributed by atoms with Crippen molar-refractivity contribution in [3.8, 4) is 0 Å². The minimum Gasteiger partial charge on any atom is -0.395 e. The van der Waals surface area contributed by atoms with Crippen LogP contribution in [0.3, 0.4) is 0 Å². The molecule has 0 fully saturated rings. The monoisotopic (exact) mass is 366 g/mol. The van der Waals surface area contributed by atoms with Gasteiger partial charge in [0.25, 0.3) is 0 Å². The van der Waals surface area contributed by atoms with Crippen LogP contribution >= 0.6 is 0 Å². The molecule has 142 valence electrons. The van der Waals surface area contributed by atoms with Gasteiger partial charge in [-0.3, -0.25) is 4.79 Å². The number of carbonyl (C=O) groups is 1. The van der Waals surface area contributed by atoms with E-state index in [4.69, 9.17) is 16.3 Å². The molecule has 0 bridgehead atoms. The normalized spacial score (nSPS) is 12.0. The molecule has 0 aliphatic rings. The van der Waals surface area contributed by atoms with Gasteiger partial charge in [0.15, 0.2) is 0 Å². The second-order valence-corrected chi connectivity index (χ2v) is 6.70. The van der Waals surface area contributed by atoms with Crippen molar-refractivity contribution < 1.29 is 9.63 Å². The molecule has 0 aliphatic carbocycles. The highest BCUT2D eigenvalue weighted by molar-refractivity contribution is 5.95. The molecule has 1 heterocycles. The molecule has 2 aromatic carbocycles. The molecule has 4 N–H and O–H groups in total. The van der Waals surface area contributed by atoms with Gasteiger partial charge in [0.2, 0.25) is 5.91 Å². The fraction of sp³-hybridized carbons (Fsp3) is 0.333. The molecule has 3 rings (SSSR count). The Labute approximate surface area is 158 Å². The molecule has 6 heteroatoms. The van der Waals surface area contributed by atoms with Crippen LogP contribution in [0.1, 0.15) is 24.0 Å². The third kappa shape index (κ3) is 3.80. The second-order valence-electron chi connectivity index (χ2n) is 6.70. The van der Waals surface area contributed by atoms with Crippen LogP contribution in [0.15, 0.2) is 41.6 Å². The van der Waals surface area contributed by atoms with Gasteiger partial charge in [-0.1, -0.05) is 35.5 Å².